The largest absolute Gasteiger partial charge is 0.383 e. The number of rotatable bonds is 6. The molecular weight excluding hydrogens is 284 g/mol. The number of nitrogens with one attached hydrogen (secondary N) is 1. The van der Waals surface area contributed by atoms with Gasteiger partial charge in [-0.2, -0.15) is 0 Å². The van der Waals surface area contributed by atoms with Crippen LogP contribution in [0.4, 0.5) is 5.69 Å². The van der Waals surface area contributed by atoms with Crippen molar-refractivity contribution in [3.63, 3.8) is 0 Å². The zero-order valence-electron chi connectivity index (χ0n) is 13.4. The predicted octanol–water partition coefficient (Wildman–Crippen LogP) is 3.56. The Balaban J connectivity index is 2.07. The Morgan fingerprint density at radius 2 is 2.14 bits per heavy atom. The molecule has 118 valence electrons. The van der Waals surface area contributed by atoms with Gasteiger partial charge in [0.25, 0.3) is 0 Å². The van der Waals surface area contributed by atoms with E-state index in [4.69, 9.17) is 16.3 Å². The Hall–Kier alpha value is -0.770. The van der Waals surface area contributed by atoms with Gasteiger partial charge in [0.05, 0.1) is 6.61 Å². The minimum atomic E-state index is 0.729. The number of piperidine rings is 1. The van der Waals surface area contributed by atoms with Crippen molar-refractivity contribution >= 4 is 17.3 Å². The van der Waals surface area contributed by atoms with Crippen LogP contribution in [0.2, 0.25) is 5.02 Å². The van der Waals surface area contributed by atoms with Gasteiger partial charge in [-0.1, -0.05) is 31.5 Å². The lowest BCUT2D eigenvalue weighted by Crippen LogP contribution is -2.39. The van der Waals surface area contributed by atoms with Crippen molar-refractivity contribution in [2.24, 2.45) is 11.8 Å². The van der Waals surface area contributed by atoms with Gasteiger partial charge in [-0.05, 0) is 36.0 Å². The number of benzene rings is 1. The lowest BCUT2D eigenvalue weighted by molar-refractivity contribution is 0.199. The van der Waals surface area contributed by atoms with E-state index in [-0.39, 0.29) is 0 Å². The standard InChI is InChI=1S/C17H27ClN2O/c1-13-6-8-20(12-14(13)2)17-10-16(18)5-4-15(17)11-19-7-9-21-3/h4-5,10,13-14,19H,6-9,11-12H2,1-3H3. The fraction of sp³-hybridized carbons (Fsp3) is 0.647. The zero-order chi connectivity index (χ0) is 15.2. The van der Waals surface area contributed by atoms with Crippen LogP contribution < -0.4 is 10.2 Å². The fourth-order valence-electron chi connectivity index (χ4n) is 2.86. The van der Waals surface area contributed by atoms with E-state index in [1.54, 1.807) is 7.11 Å². The second-order valence-electron chi connectivity index (χ2n) is 6.13. The average molecular weight is 311 g/mol. The molecule has 4 heteroatoms. The molecule has 1 heterocycles. The van der Waals surface area contributed by atoms with E-state index in [1.807, 2.05) is 6.07 Å². The summed E-state index contributed by atoms with van der Waals surface area (Å²) in [6.07, 6.45) is 1.25. The first kappa shape index (κ1) is 16.6. The quantitative estimate of drug-likeness (QED) is 0.813. The molecule has 21 heavy (non-hydrogen) atoms. The van der Waals surface area contributed by atoms with Crippen molar-refractivity contribution in [2.45, 2.75) is 26.8 Å². The molecule has 0 spiro atoms. The van der Waals surface area contributed by atoms with Crippen LogP contribution in [0.15, 0.2) is 18.2 Å². The predicted molar refractivity (Wildman–Crippen MR) is 90.2 cm³/mol. The van der Waals surface area contributed by atoms with E-state index in [0.717, 1.165) is 49.6 Å². The van der Waals surface area contributed by atoms with Crippen LogP contribution in [0.25, 0.3) is 0 Å². The molecule has 1 N–H and O–H groups in total. The van der Waals surface area contributed by atoms with Crippen molar-refractivity contribution in [2.75, 3.05) is 38.3 Å². The molecule has 2 atom stereocenters. The van der Waals surface area contributed by atoms with Crippen LogP contribution >= 0.6 is 11.6 Å². The van der Waals surface area contributed by atoms with Crippen LogP contribution in [0.1, 0.15) is 25.8 Å². The average Bonchev–Trinajstić information content (AvgIpc) is 2.48. The van der Waals surface area contributed by atoms with Gasteiger partial charge in [0.1, 0.15) is 0 Å². The highest BCUT2D eigenvalue weighted by Gasteiger charge is 2.24. The number of ether oxygens (including phenoxy) is 1. The summed E-state index contributed by atoms with van der Waals surface area (Å²) in [5, 5.41) is 4.24. The van der Waals surface area contributed by atoms with Crippen LogP contribution in [0, 0.1) is 11.8 Å². The summed E-state index contributed by atoms with van der Waals surface area (Å²) < 4.78 is 5.08. The van der Waals surface area contributed by atoms with Crippen LogP contribution in [-0.4, -0.2) is 33.4 Å². The summed E-state index contributed by atoms with van der Waals surface area (Å²) in [7, 11) is 1.73. The van der Waals surface area contributed by atoms with Crippen LogP contribution in [-0.2, 0) is 11.3 Å². The summed E-state index contributed by atoms with van der Waals surface area (Å²) in [6.45, 7) is 9.40. The molecule has 0 amide bonds. The second kappa shape index (κ2) is 8.02. The van der Waals surface area contributed by atoms with E-state index < -0.39 is 0 Å². The molecule has 1 aliphatic heterocycles. The molecule has 0 saturated carbocycles. The fourth-order valence-corrected chi connectivity index (χ4v) is 3.03. The maximum Gasteiger partial charge on any atom is 0.0587 e. The van der Waals surface area contributed by atoms with Crippen molar-refractivity contribution in [1.29, 1.82) is 0 Å². The molecule has 3 nitrogen and oxygen atoms in total. The third-order valence-corrected chi connectivity index (χ3v) is 4.76. The monoisotopic (exact) mass is 310 g/mol. The number of hydrogen-bond acceptors (Lipinski definition) is 3. The Morgan fingerprint density at radius 3 is 2.86 bits per heavy atom. The smallest absolute Gasteiger partial charge is 0.0587 e. The highest BCUT2D eigenvalue weighted by molar-refractivity contribution is 6.30. The topological polar surface area (TPSA) is 24.5 Å². The van der Waals surface area contributed by atoms with Crippen molar-refractivity contribution in [3.05, 3.63) is 28.8 Å². The second-order valence-corrected chi connectivity index (χ2v) is 6.57. The molecule has 1 fully saturated rings. The molecule has 2 unspecified atom stereocenters. The summed E-state index contributed by atoms with van der Waals surface area (Å²) in [4.78, 5) is 2.49. The number of anilines is 1. The maximum atomic E-state index is 6.22. The zero-order valence-corrected chi connectivity index (χ0v) is 14.1. The number of hydrogen-bond donors (Lipinski definition) is 1. The Kier molecular flexibility index (Phi) is 6.34. The van der Waals surface area contributed by atoms with E-state index in [0.29, 0.717) is 0 Å². The summed E-state index contributed by atoms with van der Waals surface area (Å²) in [6, 6.07) is 6.23. The third kappa shape index (κ3) is 4.60. The number of nitrogens with zero attached hydrogens (tertiary/aromatic N) is 1. The van der Waals surface area contributed by atoms with Gasteiger partial charge in [0.2, 0.25) is 0 Å². The first-order valence-electron chi connectivity index (χ1n) is 7.85. The van der Waals surface area contributed by atoms with Gasteiger partial charge in [-0.15, -0.1) is 0 Å². The molecule has 0 bridgehead atoms. The van der Waals surface area contributed by atoms with Gasteiger partial charge >= 0.3 is 0 Å². The first-order chi connectivity index (χ1) is 10.1. The van der Waals surface area contributed by atoms with E-state index in [1.165, 1.54) is 17.7 Å². The van der Waals surface area contributed by atoms with Gasteiger partial charge < -0.3 is 15.0 Å². The van der Waals surface area contributed by atoms with Crippen LogP contribution in [0.3, 0.4) is 0 Å². The van der Waals surface area contributed by atoms with Gasteiger partial charge in [0.15, 0.2) is 0 Å². The third-order valence-electron chi connectivity index (χ3n) is 4.52. The maximum absolute atomic E-state index is 6.22. The van der Waals surface area contributed by atoms with E-state index in [2.05, 4.69) is 36.2 Å². The van der Waals surface area contributed by atoms with Crippen LogP contribution in [0.5, 0.6) is 0 Å². The normalized spacial score (nSPS) is 22.6. The number of methoxy groups -OCH3 is 1. The first-order valence-corrected chi connectivity index (χ1v) is 8.22. The lowest BCUT2D eigenvalue weighted by Gasteiger charge is -2.38. The Labute approximate surface area is 133 Å². The van der Waals surface area contributed by atoms with Crippen molar-refractivity contribution in [3.8, 4) is 0 Å². The Morgan fingerprint density at radius 1 is 1.33 bits per heavy atom. The van der Waals surface area contributed by atoms with Crippen molar-refractivity contribution in [1.82, 2.24) is 5.32 Å². The molecule has 1 aliphatic rings. The molecule has 1 aromatic carbocycles. The SMILES string of the molecule is COCCNCc1ccc(Cl)cc1N1CCC(C)C(C)C1. The highest BCUT2D eigenvalue weighted by Crippen LogP contribution is 2.31. The highest BCUT2D eigenvalue weighted by atomic mass is 35.5. The molecule has 1 aromatic rings. The number of halogens is 1. The molecule has 0 aliphatic carbocycles. The van der Waals surface area contributed by atoms with E-state index in [9.17, 15) is 0 Å². The summed E-state index contributed by atoms with van der Waals surface area (Å²) in [5.74, 6) is 1.54. The van der Waals surface area contributed by atoms with E-state index >= 15 is 0 Å². The van der Waals surface area contributed by atoms with Gasteiger partial charge in [-0.25, -0.2) is 0 Å². The van der Waals surface area contributed by atoms with Gasteiger partial charge in [0, 0.05) is 44.0 Å². The van der Waals surface area contributed by atoms with Crippen molar-refractivity contribution < 1.29 is 4.74 Å². The molecule has 2 rings (SSSR count). The lowest BCUT2D eigenvalue weighted by atomic mass is 9.88. The molecule has 0 aromatic heterocycles. The van der Waals surface area contributed by atoms with Gasteiger partial charge in [-0.3, -0.25) is 0 Å². The minimum absolute atomic E-state index is 0.729. The molecule has 1 saturated heterocycles. The molecule has 0 radical (unpaired) electrons. The molecular formula is C17H27ClN2O. The Bertz CT molecular complexity index is 452. The summed E-state index contributed by atoms with van der Waals surface area (Å²) >= 11 is 6.22. The minimum Gasteiger partial charge on any atom is -0.383 e. The summed E-state index contributed by atoms with van der Waals surface area (Å²) in [5.41, 5.74) is 2.60.